The van der Waals surface area contributed by atoms with Crippen molar-refractivity contribution in [2.45, 2.75) is 45.4 Å². The lowest BCUT2D eigenvalue weighted by atomic mass is 10.1. The zero-order valence-electron chi connectivity index (χ0n) is 12.2. The summed E-state index contributed by atoms with van der Waals surface area (Å²) in [5, 5.41) is 9.21. The normalized spacial score (nSPS) is 14.4. The molecule has 0 saturated carbocycles. The number of hydrogen-bond donors (Lipinski definition) is 1. The summed E-state index contributed by atoms with van der Waals surface area (Å²) >= 11 is 0. The van der Waals surface area contributed by atoms with Gasteiger partial charge in [-0.05, 0) is 27.7 Å². The third kappa shape index (κ3) is 6.24. The van der Waals surface area contributed by atoms with Crippen LogP contribution < -0.4 is 0 Å². The number of rotatable bonds is 6. The van der Waals surface area contributed by atoms with E-state index in [9.17, 15) is 14.7 Å². The van der Waals surface area contributed by atoms with Gasteiger partial charge in [-0.1, -0.05) is 6.08 Å². The maximum Gasteiger partial charge on any atom is 0.410 e. The molecule has 0 aliphatic carbocycles. The summed E-state index contributed by atoms with van der Waals surface area (Å²) in [6.45, 7) is 10.4. The Bertz CT molecular complexity index is 334. The van der Waals surface area contributed by atoms with Crippen LogP contribution in [0.1, 0.15) is 27.7 Å². The first-order chi connectivity index (χ1) is 8.60. The quantitative estimate of drug-likeness (QED) is 0.748. The summed E-state index contributed by atoms with van der Waals surface area (Å²) in [5.74, 6) is -1.15. The molecule has 1 N–H and O–H groups in total. The maximum atomic E-state index is 11.8. The zero-order chi connectivity index (χ0) is 15.2. The molecular weight excluding hydrogens is 250 g/mol. The second-order valence-electron chi connectivity index (χ2n) is 5.20. The van der Waals surface area contributed by atoms with E-state index >= 15 is 0 Å². The number of hydrogen-bond acceptors (Lipinski definition) is 4. The first-order valence-corrected chi connectivity index (χ1v) is 6.01. The molecule has 0 unspecified atom stereocenters. The van der Waals surface area contributed by atoms with Crippen LogP contribution in [0.2, 0.25) is 0 Å². The predicted molar refractivity (Wildman–Crippen MR) is 71.0 cm³/mol. The van der Waals surface area contributed by atoms with Crippen molar-refractivity contribution in [2.75, 3.05) is 13.7 Å². The van der Waals surface area contributed by atoms with Crippen LogP contribution in [-0.4, -0.2) is 53.5 Å². The molecule has 0 radical (unpaired) electrons. The smallest absolute Gasteiger partial charge is 0.410 e. The first kappa shape index (κ1) is 17.4. The number of carbonyl (C=O) groups is 2. The van der Waals surface area contributed by atoms with Crippen LogP contribution in [0.3, 0.4) is 0 Å². The van der Waals surface area contributed by atoms with Crippen LogP contribution in [0.4, 0.5) is 4.79 Å². The molecule has 0 fully saturated rings. The minimum absolute atomic E-state index is 0.215. The number of amides is 1. The Kier molecular flexibility index (Phi) is 6.55. The molecule has 6 heteroatoms. The van der Waals surface area contributed by atoms with Gasteiger partial charge in [0.1, 0.15) is 5.60 Å². The van der Waals surface area contributed by atoms with E-state index in [0.717, 1.165) is 4.90 Å². The van der Waals surface area contributed by atoms with Crippen LogP contribution in [0.15, 0.2) is 12.7 Å². The van der Waals surface area contributed by atoms with E-state index in [2.05, 4.69) is 6.58 Å². The van der Waals surface area contributed by atoms with Gasteiger partial charge < -0.3 is 14.6 Å². The molecule has 0 aromatic heterocycles. The fraction of sp³-hybridized carbons (Fsp3) is 0.692. The lowest BCUT2D eigenvalue weighted by Crippen LogP contribution is -2.51. The molecule has 0 heterocycles. The number of aliphatic carboxylic acids is 1. The van der Waals surface area contributed by atoms with Gasteiger partial charge in [-0.3, -0.25) is 4.90 Å². The Hall–Kier alpha value is -1.56. The van der Waals surface area contributed by atoms with Crippen molar-refractivity contribution in [1.82, 2.24) is 4.90 Å². The van der Waals surface area contributed by atoms with E-state index < -0.39 is 29.8 Å². The number of carbonyl (C=O) groups excluding carboxylic acids is 1. The second kappa shape index (κ2) is 7.13. The molecule has 6 nitrogen and oxygen atoms in total. The highest BCUT2D eigenvalue weighted by Crippen LogP contribution is 2.14. The molecule has 19 heavy (non-hydrogen) atoms. The van der Waals surface area contributed by atoms with E-state index in [1.54, 1.807) is 27.7 Å². The van der Waals surface area contributed by atoms with Crippen molar-refractivity contribution >= 4 is 12.1 Å². The molecule has 0 aliphatic rings. The lowest BCUT2D eigenvalue weighted by molar-refractivity contribution is -0.147. The Morgan fingerprint density at radius 3 is 2.32 bits per heavy atom. The van der Waals surface area contributed by atoms with Crippen molar-refractivity contribution in [2.24, 2.45) is 0 Å². The van der Waals surface area contributed by atoms with Gasteiger partial charge >= 0.3 is 12.1 Å². The van der Waals surface area contributed by atoms with Gasteiger partial charge in [0.15, 0.2) is 6.04 Å². The molecule has 0 aromatic carbocycles. The lowest BCUT2D eigenvalue weighted by Gasteiger charge is -2.31. The van der Waals surface area contributed by atoms with Crippen molar-refractivity contribution in [1.29, 1.82) is 0 Å². The summed E-state index contributed by atoms with van der Waals surface area (Å²) in [5.41, 5.74) is -0.681. The van der Waals surface area contributed by atoms with Gasteiger partial charge in [0.25, 0.3) is 0 Å². The standard InChI is InChI=1S/C13H23NO5/c1-7-8-18-9(2)10(11(15)16)14(6)12(17)19-13(3,4)5/h7,9-10H,1,8H2,2-6H3,(H,15,16)/t9-,10+/m1/s1. The fourth-order valence-electron chi connectivity index (χ4n) is 1.44. The molecule has 0 spiro atoms. The van der Waals surface area contributed by atoms with Gasteiger partial charge in [0.2, 0.25) is 0 Å². The summed E-state index contributed by atoms with van der Waals surface area (Å²) in [6, 6.07) is -1.12. The number of nitrogens with zero attached hydrogens (tertiary/aromatic N) is 1. The highest BCUT2D eigenvalue weighted by molar-refractivity contribution is 5.80. The van der Waals surface area contributed by atoms with Gasteiger partial charge in [-0.2, -0.15) is 0 Å². The van der Waals surface area contributed by atoms with Crippen LogP contribution in [-0.2, 0) is 14.3 Å². The summed E-state index contributed by atoms with van der Waals surface area (Å²) in [4.78, 5) is 24.1. The average Bonchev–Trinajstić information content (AvgIpc) is 2.23. The summed E-state index contributed by atoms with van der Waals surface area (Å²) < 4.78 is 10.4. The van der Waals surface area contributed by atoms with Crippen LogP contribution >= 0.6 is 0 Å². The number of likely N-dealkylation sites (N-methyl/N-ethyl adjacent to an activating group) is 1. The zero-order valence-corrected chi connectivity index (χ0v) is 12.2. The van der Waals surface area contributed by atoms with E-state index in [4.69, 9.17) is 9.47 Å². The maximum absolute atomic E-state index is 11.8. The van der Waals surface area contributed by atoms with Crippen LogP contribution in [0, 0.1) is 0 Å². The topological polar surface area (TPSA) is 76.1 Å². The molecule has 2 atom stereocenters. The SMILES string of the molecule is C=CCO[C@H](C)[C@@H](C(=O)O)N(C)C(=O)OC(C)(C)C. The van der Waals surface area contributed by atoms with E-state index in [-0.39, 0.29) is 6.61 Å². The van der Waals surface area contributed by atoms with E-state index in [0.29, 0.717) is 0 Å². The Balaban J connectivity index is 4.83. The van der Waals surface area contributed by atoms with Crippen LogP contribution in [0.5, 0.6) is 0 Å². The minimum Gasteiger partial charge on any atom is -0.480 e. The van der Waals surface area contributed by atoms with Gasteiger partial charge in [-0.15, -0.1) is 6.58 Å². The molecule has 0 aliphatic heterocycles. The Morgan fingerprint density at radius 1 is 1.42 bits per heavy atom. The highest BCUT2D eigenvalue weighted by atomic mass is 16.6. The highest BCUT2D eigenvalue weighted by Gasteiger charge is 2.34. The van der Waals surface area contributed by atoms with Gasteiger partial charge in [0, 0.05) is 7.05 Å². The Labute approximate surface area is 114 Å². The number of carboxylic acid groups (broad SMARTS) is 1. The fourth-order valence-corrected chi connectivity index (χ4v) is 1.44. The first-order valence-electron chi connectivity index (χ1n) is 6.01. The van der Waals surface area contributed by atoms with Crippen molar-refractivity contribution in [3.8, 4) is 0 Å². The second-order valence-corrected chi connectivity index (χ2v) is 5.20. The van der Waals surface area contributed by atoms with E-state index in [1.165, 1.54) is 13.1 Å². The van der Waals surface area contributed by atoms with Crippen molar-refractivity contribution in [3.63, 3.8) is 0 Å². The molecule has 0 aromatic rings. The molecule has 0 rings (SSSR count). The van der Waals surface area contributed by atoms with Gasteiger partial charge in [-0.25, -0.2) is 9.59 Å². The third-order valence-electron chi connectivity index (χ3n) is 2.27. The molecule has 1 amide bonds. The molecular formula is C13H23NO5. The van der Waals surface area contributed by atoms with E-state index in [1.807, 2.05) is 0 Å². The summed E-state index contributed by atoms with van der Waals surface area (Å²) in [7, 11) is 1.38. The largest absolute Gasteiger partial charge is 0.480 e. The number of ether oxygens (including phenoxy) is 2. The van der Waals surface area contributed by atoms with Crippen molar-refractivity contribution < 1.29 is 24.2 Å². The van der Waals surface area contributed by atoms with Gasteiger partial charge in [0.05, 0.1) is 12.7 Å². The monoisotopic (exact) mass is 273 g/mol. The molecule has 0 bridgehead atoms. The molecule has 110 valence electrons. The average molecular weight is 273 g/mol. The van der Waals surface area contributed by atoms with Crippen LogP contribution in [0.25, 0.3) is 0 Å². The predicted octanol–water partition coefficient (Wildman–Crippen LogP) is 1.90. The molecule has 0 saturated heterocycles. The third-order valence-corrected chi connectivity index (χ3v) is 2.27. The summed E-state index contributed by atoms with van der Waals surface area (Å²) in [6.07, 6.45) is 0.144. The minimum atomic E-state index is -1.15. The number of carboxylic acids is 1. The Morgan fingerprint density at radius 2 is 1.95 bits per heavy atom. The van der Waals surface area contributed by atoms with Crippen molar-refractivity contribution in [3.05, 3.63) is 12.7 Å².